The Labute approximate surface area is 110 Å². The van der Waals surface area contributed by atoms with Crippen LogP contribution >= 0.6 is 0 Å². The molecule has 2 aromatic heterocycles. The summed E-state index contributed by atoms with van der Waals surface area (Å²) in [6.07, 6.45) is 1.74. The predicted molar refractivity (Wildman–Crippen MR) is 70.5 cm³/mol. The van der Waals surface area contributed by atoms with Gasteiger partial charge in [0.1, 0.15) is 0 Å². The van der Waals surface area contributed by atoms with Crippen molar-refractivity contribution in [1.29, 1.82) is 0 Å². The quantitative estimate of drug-likeness (QED) is 0.581. The van der Waals surface area contributed by atoms with Crippen LogP contribution < -0.4 is 20.9 Å². The fraction of sp³-hybridized carbons (Fsp3) is 0.273. The van der Waals surface area contributed by atoms with E-state index < -0.39 is 0 Å². The van der Waals surface area contributed by atoms with Gasteiger partial charge in [-0.25, -0.2) is 5.84 Å². The molecule has 2 heterocycles. The van der Waals surface area contributed by atoms with Gasteiger partial charge in [0.15, 0.2) is 0 Å². The van der Waals surface area contributed by atoms with Crippen molar-refractivity contribution in [3.63, 3.8) is 0 Å². The molecule has 0 aliphatic rings. The lowest BCUT2D eigenvalue weighted by Crippen LogP contribution is -2.22. The molecule has 19 heavy (non-hydrogen) atoms. The third-order valence-electron chi connectivity index (χ3n) is 2.38. The van der Waals surface area contributed by atoms with Gasteiger partial charge in [0, 0.05) is 13.2 Å². The summed E-state index contributed by atoms with van der Waals surface area (Å²) in [6.45, 7) is 0.567. The van der Waals surface area contributed by atoms with Crippen LogP contribution in [-0.2, 0) is 6.54 Å². The van der Waals surface area contributed by atoms with Gasteiger partial charge in [-0.15, -0.1) is 0 Å². The molecule has 8 heteroatoms. The minimum Gasteiger partial charge on any atom is -0.467 e. The van der Waals surface area contributed by atoms with Crippen LogP contribution in [0.3, 0.4) is 0 Å². The first-order valence-corrected chi connectivity index (χ1v) is 5.60. The molecular weight excluding hydrogens is 246 g/mol. The summed E-state index contributed by atoms with van der Waals surface area (Å²) in [6, 6.07) is 5.92. The lowest BCUT2D eigenvalue weighted by atomic mass is 10.3. The predicted octanol–water partition coefficient (Wildman–Crippen LogP) is 0.197. The maximum Gasteiger partial charge on any atom is 0.322 e. The SMILES string of the molecule is COc1nc(NN)nc(N(C)Cc2ccccn2)n1. The number of rotatable bonds is 5. The van der Waals surface area contributed by atoms with Crippen LogP contribution in [-0.4, -0.2) is 34.1 Å². The highest BCUT2D eigenvalue weighted by Gasteiger charge is 2.11. The molecule has 0 aliphatic carbocycles. The van der Waals surface area contributed by atoms with E-state index in [1.807, 2.05) is 30.1 Å². The van der Waals surface area contributed by atoms with Gasteiger partial charge in [-0.3, -0.25) is 10.4 Å². The van der Waals surface area contributed by atoms with Crippen molar-refractivity contribution in [2.45, 2.75) is 6.54 Å². The molecular formula is C11H15N7O. The van der Waals surface area contributed by atoms with E-state index in [1.165, 1.54) is 7.11 Å². The van der Waals surface area contributed by atoms with E-state index in [9.17, 15) is 0 Å². The number of nitrogen functional groups attached to an aromatic ring is 1. The Balaban J connectivity index is 2.20. The van der Waals surface area contributed by atoms with Gasteiger partial charge >= 0.3 is 6.01 Å². The summed E-state index contributed by atoms with van der Waals surface area (Å²) < 4.78 is 5.00. The largest absolute Gasteiger partial charge is 0.467 e. The minimum atomic E-state index is 0.200. The third kappa shape index (κ3) is 3.26. The molecule has 0 amide bonds. The Kier molecular flexibility index (Phi) is 4.04. The Morgan fingerprint density at radius 2 is 2.16 bits per heavy atom. The highest BCUT2D eigenvalue weighted by molar-refractivity contribution is 5.37. The summed E-state index contributed by atoms with van der Waals surface area (Å²) >= 11 is 0. The van der Waals surface area contributed by atoms with Crippen molar-refractivity contribution in [2.24, 2.45) is 5.84 Å². The Hall–Kier alpha value is -2.48. The first-order chi connectivity index (χ1) is 9.22. The monoisotopic (exact) mass is 261 g/mol. The number of nitrogens with one attached hydrogen (secondary N) is 1. The second kappa shape index (κ2) is 5.91. The van der Waals surface area contributed by atoms with E-state index in [-0.39, 0.29) is 12.0 Å². The average molecular weight is 261 g/mol. The van der Waals surface area contributed by atoms with E-state index in [4.69, 9.17) is 10.6 Å². The average Bonchev–Trinajstić information content (AvgIpc) is 2.47. The molecule has 3 N–H and O–H groups in total. The molecule has 0 spiro atoms. The van der Waals surface area contributed by atoms with Crippen LogP contribution in [0.15, 0.2) is 24.4 Å². The molecule has 0 atom stereocenters. The molecule has 0 bridgehead atoms. The summed E-state index contributed by atoms with van der Waals surface area (Å²) in [7, 11) is 3.34. The highest BCUT2D eigenvalue weighted by Crippen LogP contribution is 2.14. The summed E-state index contributed by atoms with van der Waals surface area (Å²) in [5.74, 6) is 6.00. The van der Waals surface area contributed by atoms with Crippen LogP contribution in [0.25, 0.3) is 0 Å². The summed E-state index contributed by atoms with van der Waals surface area (Å²) in [5.41, 5.74) is 3.29. The van der Waals surface area contributed by atoms with Gasteiger partial charge in [-0.2, -0.15) is 15.0 Å². The number of methoxy groups -OCH3 is 1. The van der Waals surface area contributed by atoms with Crippen molar-refractivity contribution >= 4 is 11.9 Å². The molecule has 0 unspecified atom stereocenters. The number of hydrogen-bond donors (Lipinski definition) is 2. The van der Waals surface area contributed by atoms with E-state index in [0.29, 0.717) is 12.5 Å². The van der Waals surface area contributed by atoms with E-state index in [0.717, 1.165) is 5.69 Å². The number of aromatic nitrogens is 4. The van der Waals surface area contributed by atoms with Gasteiger partial charge < -0.3 is 9.64 Å². The highest BCUT2D eigenvalue weighted by atomic mass is 16.5. The third-order valence-corrected chi connectivity index (χ3v) is 2.38. The molecule has 2 aromatic rings. The van der Waals surface area contributed by atoms with Crippen molar-refractivity contribution < 1.29 is 4.74 Å². The second-order valence-corrected chi connectivity index (χ2v) is 3.77. The zero-order chi connectivity index (χ0) is 13.7. The Morgan fingerprint density at radius 1 is 1.32 bits per heavy atom. The van der Waals surface area contributed by atoms with Gasteiger partial charge in [-0.1, -0.05) is 6.07 Å². The number of anilines is 2. The molecule has 0 aromatic carbocycles. The standard InChI is InChI=1S/C11H15N7O/c1-18(7-8-5-3-4-6-13-8)10-14-9(17-12)15-11(16-10)19-2/h3-6H,7,12H2,1-2H3,(H,14,15,16,17). The molecule has 0 aliphatic heterocycles. The molecule has 8 nitrogen and oxygen atoms in total. The van der Waals surface area contributed by atoms with Crippen LogP contribution in [0.1, 0.15) is 5.69 Å². The zero-order valence-electron chi connectivity index (χ0n) is 10.7. The summed E-state index contributed by atoms with van der Waals surface area (Å²) in [5, 5.41) is 0. The fourth-order valence-electron chi connectivity index (χ4n) is 1.48. The van der Waals surface area contributed by atoms with Gasteiger partial charge in [0.25, 0.3) is 0 Å². The molecule has 0 radical (unpaired) electrons. The number of pyridine rings is 1. The fourth-order valence-corrected chi connectivity index (χ4v) is 1.48. The molecule has 2 rings (SSSR count). The first kappa shape index (κ1) is 13.0. The molecule has 100 valence electrons. The molecule has 0 saturated carbocycles. The normalized spacial score (nSPS) is 10.1. The first-order valence-electron chi connectivity index (χ1n) is 5.60. The van der Waals surface area contributed by atoms with Gasteiger partial charge in [0.2, 0.25) is 11.9 Å². The number of hydrogen-bond acceptors (Lipinski definition) is 8. The molecule has 0 saturated heterocycles. The van der Waals surface area contributed by atoms with Crippen LogP contribution in [0.2, 0.25) is 0 Å². The van der Waals surface area contributed by atoms with Gasteiger partial charge in [0.05, 0.1) is 19.3 Å². The van der Waals surface area contributed by atoms with Crippen molar-refractivity contribution in [2.75, 3.05) is 24.5 Å². The van der Waals surface area contributed by atoms with Crippen molar-refractivity contribution in [1.82, 2.24) is 19.9 Å². The Morgan fingerprint density at radius 3 is 2.79 bits per heavy atom. The minimum absolute atomic E-state index is 0.200. The topological polar surface area (TPSA) is 102 Å². The van der Waals surface area contributed by atoms with Crippen molar-refractivity contribution in [3.05, 3.63) is 30.1 Å². The number of nitrogens with two attached hydrogens (primary N) is 1. The van der Waals surface area contributed by atoms with Crippen LogP contribution in [0, 0.1) is 0 Å². The lowest BCUT2D eigenvalue weighted by Gasteiger charge is -2.17. The Bertz CT molecular complexity index is 512. The van der Waals surface area contributed by atoms with Crippen LogP contribution in [0.5, 0.6) is 6.01 Å². The van der Waals surface area contributed by atoms with Crippen LogP contribution in [0.4, 0.5) is 11.9 Å². The van der Waals surface area contributed by atoms with Crippen molar-refractivity contribution in [3.8, 4) is 6.01 Å². The number of ether oxygens (including phenoxy) is 1. The van der Waals surface area contributed by atoms with E-state index in [1.54, 1.807) is 6.20 Å². The number of nitrogens with zero attached hydrogens (tertiary/aromatic N) is 5. The lowest BCUT2D eigenvalue weighted by molar-refractivity contribution is 0.379. The molecule has 0 fully saturated rings. The van der Waals surface area contributed by atoms with Gasteiger partial charge in [-0.05, 0) is 12.1 Å². The van der Waals surface area contributed by atoms with E-state index in [2.05, 4.69) is 25.4 Å². The summed E-state index contributed by atoms with van der Waals surface area (Å²) in [4.78, 5) is 18.3. The maximum absolute atomic E-state index is 5.31. The number of hydrazine groups is 1. The smallest absolute Gasteiger partial charge is 0.322 e. The maximum atomic E-state index is 5.31. The zero-order valence-corrected chi connectivity index (χ0v) is 10.7. The van der Waals surface area contributed by atoms with E-state index >= 15 is 0 Å². The second-order valence-electron chi connectivity index (χ2n) is 3.77.